The summed E-state index contributed by atoms with van der Waals surface area (Å²) in [6.45, 7) is 5.72. The third-order valence-electron chi connectivity index (χ3n) is 1.75. The monoisotopic (exact) mass is 215 g/mol. The molecule has 3 N–H and O–H groups in total. The molecule has 0 saturated carbocycles. The first-order valence-corrected chi connectivity index (χ1v) is 5.49. The molecule has 0 fully saturated rings. The molecule has 5 nitrogen and oxygen atoms in total. The zero-order chi connectivity index (χ0) is 11.5. The number of amides is 3. The standard InChI is InChI=1S/C10H21N3O2/c1-3-6-11-9(14)5-8-13-10(15)12-7-4-2/h3-8H2,1-2H3,(H,11,14)(H2,12,13,15). The quantitative estimate of drug-likeness (QED) is 0.582. The number of rotatable bonds is 7. The van der Waals surface area contributed by atoms with Crippen LogP contribution < -0.4 is 16.0 Å². The zero-order valence-corrected chi connectivity index (χ0v) is 9.56. The molecule has 0 aromatic carbocycles. The van der Waals surface area contributed by atoms with Gasteiger partial charge in [0.15, 0.2) is 0 Å². The summed E-state index contributed by atoms with van der Waals surface area (Å²) in [6, 6.07) is -0.208. The molecular formula is C10H21N3O2. The average Bonchev–Trinajstić information content (AvgIpc) is 2.23. The number of carbonyl (C=O) groups is 2. The van der Waals surface area contributed by atoms with Crippen LogP contribution in [0.2, 0.25) is 0 Å². The highest BCUT2D eigenvalue weighted by Crippen LogP contribution is 1.79. The molecule has 5 heteroatoms. The molecule has 0 aromatic heterocycles. The van der Waals surface area contributed by atoms with Crippen molar-refractivity contribution in [2.75, 3.05) is 19.6 Å². The number of hydrogen-bond acceptors (Lipinski definition) is 2. The first-order valence-electron chi connectivity index (χ1n) is 5.49. The Hall–Kier alpha value is -1.26. The number of urea groups is 1. The lowest BCUT2D eigenvalue weighted by atomic mass is 10.4. The van der Waals surface area contributed by atoms with E-state index in [4.69, 9.17) is 0 Å². The molecule has 0 heterocycles. The van der Waals surface area contributed by atoms with Crippen LogP contribution in [0.3, 0.4) is 0 Å². The molecule has 0 bridgehead atoms. The topological polar surface area (TPSA) is 70.2 Å². The number of hydrogen-bond donors (Lipinski definition) is 3. The molecule has 0 aliphatic heterocycles. The molecule has 0 saturated heterocycles. The largest absolute Gasteiger partial charge is 0.356 e. The molecular weight excluding hydrogens is 194 g/mol. The van der Waals surface area contributed by atoms with Gasteiger partial charge in [-0.25, -0.2) is 4.79 Å². The summed E-state index contributed by atoms with van der Waals surface area (Å²) in [4.78, 5) is 22.2. The molecule has 0 atom stereocenters. The van der Waals surface area contributed by atoms with E-state index in [1.54, 1.807) is 0 Å². The Kier molecular flexibility index (Phi) is 8.52. The lowest BCUT2D eigenvalue weighted by Gasteiger charge is -2.06. The van der Waals surface area contributed by atoms with Gasteiger partial charge in [0, 0.05) is 26.1 Å². The fourth-order valence-electron chi connectivity index (χ4n) is 0.943. The van der Waals surface area contributed by atoms with Crippen LogP contribution in [-0.2, 0) is 4.79 Å². The normalized spacial score (nSPS) is 9.47. The Balaban J connectivity index is 3.36. The Morgan fingerprint density at radius 3 is 2.00 bits per heavy atom. The first-order chi connectivity index (χ1) is 7.20. The first kappa shape index (κ1) is 13.7. The molecule has 15 heavy (non-hydrogen) atoms. The summed E-state index contributed by atoms with van der Waals surface area (Å²) < 4.78 is 0. The molecule has 0 aromatic rings. The molecule has 0 aliphatic rings. The number of nitrogens with one attached hydrogen (secondary N) is 3. The van der Waals surface area contributed by atoms with Gasteiger partial charge in [0.25, 0.3) is 0 Å². The maximum Gasteiger partial charge on any atom is 0.314 e. The van der Waals surface area contributed by atoms with Gasteiger partial charge >= 0.3 is 6.03 Å². The highest BCUT2D eigenvalue weighted by molar-refractivity contribution is 5.78. The molecule has 0 unspecified atom stereocenters. The predicted molar refractivity (Wildman–Crippen MR) is 59.6 cm³/mol. The van der Waals surface area contributed by atoms with Crippen molar-refractivity contribution in [2.45, 2.75) is 33.1 Å². The highest BCUT2D eigenvalue weighted by Gasteiger charge is 2.01. The van der Waals surface area contributed by atoms with Crippen LogP contribution in [0, 0.1) is 0 Å². The van der Waals surface area contributed by atoms with Crippen LogP contribution in [0.25, 0.3) is 0 Å². The summed E-state index contributed by atoms with van der Waals surface area (Å²) in [6.07, 6.45) is 2.17. The van der Waals surface area contributed by atoms with Gasteiger partial charge < -0.3 is 16.0 Å². The zero-order valence-electron chi connectivity index (χ0n) is 9.56. The second-order valence-corrected chi connectivity index (χ2v) is 3.28. The number of carbonyl (C=O) groups excluding carboxylic acids is 2. The van der Waals surface area contributed by atoms with Crippen LogP contribution in [0.4, 0.5) is 4.79 Å². The molecule has 88 valence electrons. The van der Waals surface area contributed by atoms with E-state index in [1.165, 1.54) is 0 Å². The summed E-state index contributed by atoms with van der Waals surface area (Å²) >= 11 is 0. The third-order valence-corrected chi connectivity index (χ3v) is 1.75. The van der Waals surface area contributed by atoms with Crippen LogP contribution in [0.15, 0.2) is 0 Å². The average molecular weight is 215 g/mol. The SMILES string of the molecule is CCCNC(=O)CCNC(=O)NCCC. The Morgan fingerprint density at radius 2 is 1.40 bits per heavy atom. The van der Waals surface area contributed by atoms with Crippen LogP contribution >= 0.6 is 0 Å². The van der Waals surface area contributed by atoms with Crippen molar-refractivity contribution in [3.8, 4) is 0 Å². The summed E-state index contributed by atoms with van der Waals surface area (Å²) in [7, 11) is 0. The second-order valence-electron chi connectivity index (χ2n) is 3.28. The van der Waals surface area contributed by atoms with Crippen LogP contribution in [-0.4, -0.2) is 31.6 Å². The van der Waals surface area contributed by atoms with Gasteiger partial charge in [-0.1, -0.05) is 13.8 Å². The van der Waals surface area contributed by atoms with Crippen molar-refractivity contribution in [3.63, 3.8) is 0 Å². The van der Waals surface area contributed by atoms with Gasteiger partial charge in [0.1, 0.15) is 0 Å². The summed E-state index contributed by atoms with van der Waals surface area (Å²) in [5, 5.41) is 8.02. The molecule has 3 amide bonds. The van der Waals surface area contributed by atoms with Crippen molar-refractivity contribution >= 4 is 11.9 Å². The molecule has 0 aliphatic carbocycles. The Bertz CT molecular complexity index is 175. The highest BCUT2D eigenvalue weighted by atomic mass is 16.2. The van der Waals surface area contributed by atoms with E-state index in [2.05, 4.69) is 16.0 Å². The van der Waals surface area contributed by atoms with Gasteiger partial charge in [0.2, 0.25) is 5.91 Å². The maximum atomic E-state index is 11.1. The third kappa shape index (κ3) is 9.05. The minimum absolute atomic E-state index is 0.0207. The van der Waals surface area contributed by atoms with E-state index in [9.17, 15) is 9.59 Å². The fraction of sp³-hybridized carbons (Fsp3) is 0.800. The molecule has 0 radical (unpaired) electrons. The lowest BCUT2D eigenvalue weighted by Crippen LogP contribution is -2.38. The van der Waals surface area contributed by atoms with Crippen molar-refractivity contribution in [1.82, 2.24) is 16.0 Å². The van der Waals surface area contributed by atoms with Crippen molar-refractivity contribution in [3.05, 3.63) is 0 Å². The van der Waals surface area contributed by atoms with E-state index in [1.807, 2.05) is 13.8 Å². The van der Waals surface area contributed by atoms with E-state index >= 15 is 0 Å². The minimum Gasteiger partial charge on any atom is -0.356 e. The Morgan fingerprint density at radius 1 is 0.867 bits per heavy atom. The van der Waals surface area contributed by atoms with Gasteiger partial charge in [-0.3, -0.25) is 4.79 Å². The van der Waals surface area contributed by atoms with Crippen molar-refractivity contribution < 1.29 is 9.59 Å². The van der Waals surface area contributed by atoms with Crippen molar-refractivity contribution in [1.29, 1.82) is 0 Å². The Labute approximate surface area is 91.0 Å². The smallest absolute Gasteiger partial charge is 0.314 e. The van der Waals surface area contributed by atoms with Gasteiger partial charge in [-0.15, -0.1) is 0 Å². The molecule has 0 spiro atoms. The van der Waals surface area contributed by atoms with Crippen LogP contribution in [0.5, 0.6) is 0 Å². The fourth-order valence-corrected chi connectivity index (χ4v) is 0.943. The van der Waals surface area contributed by atoms with Gasteiger partial charge in [-0.2, -0.15) is 0 Å². The van der Waals surface area contributed by atoms with E-state index < -0.39 is 0 Å². The van der Waals surface area contributed by atoms with E-state index in [-0.39, 0.29) is 11.9 Å². The minimum atomic E-state index is -0.208. The second kappa shape index (κ2) is 9.30. The predicted octanol–water partition coefficient (Wildman–Crippen LogP) is 0.612. The summed E-state index contributed by atoms with van der Waals surface area (Å²) in [5.74, 6) is -0.0207. The van der Waals surface area contributed by atoms with Gasteiger partial charge in [-0.05, 0) is 12.8 Å². The van der Waals surface area contributed by atoms with E-state index in [0.717, 1.165) is 12.8 Å². The lowest BCUT2D eigenvalue weighted by molar-refractivity contribution is -0.120. The molecule has 0 rings (SSSR count). The van der Waals surface area contributed by atoms with Crippen LogP contribution in [0.1, 0.15) is 33.1 Å². The van der Waals surface area contributed by atoms with Crippen molar-refractivity contribution in [2.24, 2.45) is 0 Å². The van der Waals surface area contributed by atoms with E-state index in [0.29, 0.717) is 26.1 Å². The maximum absolute atomic E-state index is 11.1. The summed E-state index contributed by atoms with van der Waals surface area (Å²) in [5.41, 5.74) is 0. The van der Waals surface area contributed by atoms with Gasteiger partial charge in [0.05, 0.1) is 0 Å².